The van der Waals surface area contributed by atoms with E-state index in [0.29, 0.717) is 24.5 Å². The highest BCUT2D eigenvalue weighted by molar-refractivity contribution is 5.96. The highest BCUT2D eigenvalue weighted by Crippen LogP contribution is 2.12. The van der Waals surface area contributed by atoms with E-state index >= 15 is 0 Å². The first-order valence-electron chi connectivity index (χ1n) is 5.16. The molecule has 0 aliphatic rings. The molecule has 1 aromatic rings. The quantitative estimate of drug-likeness (QED) is 0.758. The third kappa shape index (κ3) is 3.20. The second-order valence-corrected chi connectivity index (χ2v) is 3.61. The van der Waals surface area contributed by atoms with Crippen LogP contribution in [0, 0.1) is 5.92 Å². The van der Waals surface area contributed by atoms with Gasteiger partial charge >= 0.3 is 0 Å². The molecule has 0 aliphatic carbocycles. The summed E-state index contributed by atoms with van der Waals surface area (Å²) in [6.07, 6.45) is 1.58. The molecule has 0 spiro atoms. The standard InChI is InChI=1S/C11H17N3O2/c1-8(6-12)7-14-10(15)9-4-3-5-13-11(9)16-2/h3-5,8H,6-7,12H2,1-2H3,(H,14,15). The molecule has 1 atom stereocenters. The van der Waals surface area contributed by atoms with Crippen molar-refractivity contribution in [3.8, 4) is 5.88 Å². The van der Waals surface area contributed by atoms with E-state index in [1.54, 1.807) is 18.3 Å². The second-order valence-electron chi connectivity index (χ2n) is 3.61. The molecular formula is C11H17N3O2. The van der Waals surface area contributed by atoms with Crippen LogP contribution in [0.2, 0.25) is 0 Å². The van der Waals surface area contributed by atoms with Gasteiger partial charge < -0.3 is 15.8 Å². The molecule has 5 nitrogen and oxygen atoms in total. The molecule has 1 unspecified atom stereocenters. The summed E-state index contributed by atoms with van der Waals surface area (Å²) in [4.78, 5) is 15.7. The fourth-order valence-corrected chi connectivity index (χ4v) is 1.17. The molecule has 0 aliphatic heterocycles. The van der Waals surface area contributed by atoms with Gasteiger partial charge in [0.1, 0.15) is 5.56 Å². The Morgan fingerprint density at radius 2 is 2.44 bits per heavy atom. The van der Waals surface area contributed by atoms with Gasteiger partial charge in [0.05, 0.1) is 7.11 Å². The van der Waals surface area contributed by atoms with Gasteiger partial charge in [0.15, 0.2) is 0 Å². The van der Waals surface area contributed by atoms with E-state index in [-0.39, 0.29) is 11.8 Å². The Morgan fingerprint density at radius 3 is 3.06 bits per heavy atom. The van der Waals surface area contributed by atoms with Crippen molar-refractivity contribution < 1.29 is 9.53 Å². The third-order valence-corrected chi connectivity index (χ3v) is 2.22. The number of nitrogens with zero attached hydrogens (tertiary/aromatic N) is 1. The molecule has 0 saturated heterocycles. The minimum Gasteiger partial charge on any atom is -0.480 e. The lowest BCUT2D eigenvalue weighted by molar-refractivity contribution is 0.0945. The zero-order valence-electron chi connectivity index (χ0n) is 9.56. The lowest BCUT2D eigenvalue weighted by atomic mass is 10.2. The highest BCUT2D eigenvalue weighted by Gasteiger charge is 2.12. The van der Waals surface area contributed by atoms with Gasteiger partial charge in [0.2, 0.25) is 5.88 Å². The van der Waals surface area contributed by atoms with Crippen LogP contribution in [0.25, 0.3) is 0 Å². The Morgan fingerprint density at radius 1 is 1.69 bits per heavy atom. The topological polar surface area (TPSA) is 77.2 Å². The summed E-state index contributed by atoms with van der Waals surface area (Å²) < 4.78 is 5.00. The van der Waals surface area contributed by atoms with E-state index < -0.39 is 0 Å². The van der Waals surface area contributed by atoms with Crippen molar-refractivity contribution in [2.45, 2.75) is 6.92 Å². The molecule has 0 radical (unpaired) electrons. The molecular weight excluding hydrogens is 206 g/mol. The molecule has 5 heteroatoms. The Hall–Kier alpha value is -1.62. The Kier molecular flexibility index (Phi) is 4.72. The maximum Gasteiger partial charge on any atom is 0.256 e. The molecule has 1 rings (SSSR count). The highest BCUT2D eigenvalue weighted by atomic mass is 16.5. The molecule has 88 valence electrons. The number of carbonyl (C=O) groups is 1. The first-order valence-corrected chi connectivity index (χ1v) is 5.16. The van der Waals surface area contributed by atoms with Crippen LogP contribution in [0.5, 0.6) is 5.88 Å². The number of hydrogen-bond donors (Lipinski definition) is 2. The van der Waals surface area contributed by atoms with E-state index in [4.69, 9.17) is 10.5 Å². The lowest BCUT2D eigenvalue weighted by Crippen LogP contribution is -2.31. The predicted molar refractivity (Wildman–Crippen MR) is 61.3 cm³/mol. The van der Waals surface area contributed by atoms with Crippen LogP contribution < -0.4 is 15.8 Å². The fourth-order valence-electron chi connectivity index (χ4n) is 1.17. The Labute approximate surface area is 95.0 Å². The largest absolute Gasteiger partial charge is 0.480 e. The zero-order valence-corrected chi connectivity index (χ0v) is 9.56. The van der Waals surface area contributed by atoms with Crippen LogP contribution in [0.15, 0.2) is 18.3 Å². The van der Waals surface area contributed by atoms with E-state index in [2.05, 4.69) is 10.3 Å². The van der Waals surface area contributed by atoms with Gasteiger partial charge in [-0.3, -0.25) is 4.79 Å². The monoisotopic (exact) mass is 223 g/mol. The van der Waals surface area contributed by atoms with E-state index in [1.165, 1.54) is 7.11 Å². The minimum absolute atomic E-state index is 0.190. The van der Waals surface area contributed by atoms with Crippen LogP contribution in [-0.2, 0) is 0 Å². The molecule has 1 amide bonds. The van der Waals surface area contributed by atoms with Crippen molar-refractivity contribution in [2.75, 3.05) is 20.2 Å². The molecule has 1 aromatic heterocycles. The van der Waals surface area contributed by atoms with Crippen molar-refractivity contribution in [3.05, 3.63) is 23.9 Å². The zero-order chi connectivity index (χ0) is 12.0. The van der Waals surface area contributed by atoms with Crippen LogP contribution in [0.3, 0.4) is 0 Å². The Balaban J connectivity index is 2.65. The number of hydrogen-bond acceptors (Lipinski definition) is 4. The average Bonchev–Trinajstić information content (AvgIpc) is 2.35. The number of amides is 1. The summed E-state index contributed by atoms with van der Waals surface area (Å²) in [5.74, 6) is 0.400. The number of rotatable bonds is 5. The number of nitrogens with two attached hydrogens (primary N) is 1. The number of ether oxygens (including phenoxy) is 1. The molecule has 3 N–H and O–H groups in total. The summed E-state index contributed by atoms with van der Waals surface area (Å²) in [5, 5.41) is 2.79. The molecule has 0 saturated carbocycles. The maximum atomic E-state index is 11.8. The number of aromatic nitrogens is 1. The van der Waals surface area contributed by atoms with Gasteiger partial charge in [-0.25, -0.2) is 4.98 Å². The third-order valence-electron chi connectivity index (χ3n) is 2.22. The second kappa shape index (κ2) is 6.07. The first-order chi connectivity index (χ1) is 7.69. The van der Waals surface area contributed by atoms with Crippen LogP contribution >= 0.6 is 0 Å². The number of pyridine rings is 1. The average molecular weight is 223 g/mol. The van der Waals surface area contributed by atoms with Crippen LogP contribution in [0.4, 0.5) is 0 Å². The minimum atomic E-state index is -0.190. The fraction of sp³-hybridized carbons (Fsp3) is 0.455. The van der Waals surface area contributed by atoms with Gasteiger partial charge in [-0.1, -0.05) is 6.92 Å². The summed E-state index contributed by atoms with van der Waals surface area (Å²) in [6.45, 7) is 3.07. The van der Waals surface area contributed by atoms with Crippen molar-refractivity contribution in [1.29, 1.82) is 0 Å². The summed E-state index contributed by atoms with van der Waals surface area (Å²) in [7, 11) is 1.49. The number of methoxy groups -OCH3 is 1. The smallest absolute Gasteiger partial charge is 0.256 e. The van der Waals surface area contributed by atoms with E-state index in [1.807, 2.05) is 6.92 Å². The maximum absolute atomic E-state index is 11.8. The lowest BCUT2D eigenvalue weighted by Gasteiger charge is -2.11. The normalized spacial score (nSPS) is 11.9. The first kappa shape index (κ1) is 12.4. The van der Waals surface area contributed by atoms with Crippen LogP contribution in [0.1, 0.15) is 17.3 Å². The molecule has 0 fully saturated rings. The SMILES string of the molecule is COc1ncccc1C(=O)NCC(C)CN. The van der Waals surface area contributed by atoms with Gasteiger partial charge in [0.25, 0.3) is 5.91 Å². The summed E-state index contributed by atoms with van der Waals surface area (Å²) in [5.41, 5.74) is 5.90. The van der Waals surface area contributed by atoms with Gasteiger partial charge in [0, 0.05) is 12.7 Å². The van der Waals surface area contributed by atoms with Gasteiger partial charge in [-0.15, -0.1) is 0 Å². The van der Waals surface area contributed by atoms with Gasteiger partial charge in [-0.05, 0) is 24.6 Å². The number of carbonyl (C=O) groups excluding carboxylic acids is 1. The molecule has 0 aromatic carbocycles. The van der Waals surface area contributed by atoms with Crippen molar-refractivity contribution in [1.82, 2.24) is 10.3 Å². The van der Waals surface area contributed by atoms with Crippen molar-refractivity contribution in [3.63, 3.8) is 0 Å². The molecule has 1 heterocycles. The Bertz CT molecular complexity index is 355. The van der Waals surface area contributed by atoms with Gasteiger partial charge in [-0.2, -0.15) is 0 Å². The van der Waals surface area contributed by atoms with E-state index in [0.717, 1.165) is 0 Å². The van der Waals surface area contributed by atoms with Crippen molar-refractivity contribution >= 4 is 5.91 Å². The van der Waals surface area contributed by atoms with Crippen molar-refractivity contribution in [2.24, 2.45) is 11.7 Å². The van der Waals surface area contributed by atoms with E-state index in [9.17, 15) is 4.79 Å². The van der Waals surface area contributed by atoms with Crippen LogP contribution in [-0.4, -0.2) is 31.1 Å². The summed E-state index contributed by atoms with van der Waals surface area (Å²) >= 11 is 0. The predicted octanol–water partition coefficient (Wildman–Crippen LogP) is 0.415. The number of nitrogens with one attached hydrogen (secondary N) is 1. The molecule has 0 bridgehead atoms. The molecule has 16 heavy (non-hydrogen) atoms. The summed E-state index contributed by atoms with van der Waals surface area (Å²) in [6, 6.07) is 3.37.